The van der Waals surface area contributed by atoms with E-state index in [0.29, 0.717) is 18.7 Å². The number of rotatable bonds is 4. The number of carbonyl (C=O) groups is 2. The first-order chi connectivity index (χ1) is 14.4. The number of nitrogens with zero attached hydrogens (tertiary/aromatic N) is 2. The number of hydrogen-bond donors (Lipinski definition) is 1. The Morgan fingerprint density at radius 2 is 1.80 bits per heavy atom. The van der Waals surface area contributed by atoms with Gasteiger partial charge in [-0.15, -0.1) is 0 Å². The van der Waals surface area contributed by atoms with Gasteiger partial charge in [-0.2, -0.15) is 0 Å². The zero-order valence-electron chi connectivity index (χ0n) is 15.9. The Balaban J connectivity index is 1.84. The van der Waals surface area contributed by atoms with Gasteiger partial charge in [0, 0.05) is 19.7 Å². The number of carbonyl (C=O) groups excluding carboxylic acids is 2. The Bertz CT molecular complexity index is 1040. The highest BCUT2D eigenvalue weighted by atomic mass is 35.5. The van der Waals surface area contributed by atoms with Gasteiger partial charge in [-0.25, -0.2) is 9.29 Å². The molecule has 1 saturated heterocycles. The summed E-state index contributed by atoms with van der Waals surface area (Å²) < 4.78 is 13.5. The molecule has 156 valence electrons. The van der Waals surface area contributed by atoms with Crippen molar-refractivity contribution in [3.05, 3.63) is 69.6 Å². The van der Waals surface area contributed by atoms with Gasteiger partial charge < -0.3 is 10.0 Å². The lowest BCUT2D eigenvalue weighted by Crippen LogP contribution is -2.40. The molecule has 2 aliphatic rings. The molecular formula is C22H19Cl2FN2O3. The van der Waals surface area contributed by atoms with E-state index in [4.69, 9.17) is 23.2 Å². The molecule has 0 bridgehead atoms. The van der Waals surface area contributed by atoms with Crippen LogP contribution >= 0.6 is 23.2 Å². The standard InChI is InChI=1S/C22H19Cl2FN2O3/c23-16-4-1-5-17(19(16)24)27-21(29)18(14-6-8-15(25)9-7-14)20(22(27)30)26-10-2-3-13(11-26)12-28/h1,4-9,13,28H,2-3,10-12H2. The van der Waals surface area contributed by atoms with E-state index < -0.39 is 17.6 Å². The monoisotopic (exact) mass is 448 g/mol. The van der Waals surface area contributed by atoms with E-state index in [-0.39, 0.29) is 39.5 Å². The Hall–Kier alpha value is -2.41. The van der Waals surface area contributed by atoms with E-state index in [0.717, 1.165) is 17.7 Å². The van der Waals surface area contributed by atoms with E-state index >= 15 is 0 Å². The number of amides is 2. The highest BCUT2D eigenvalue weighted by molar-refractivity contribution is 6.49. The number of aliphatic hydroxyl groups excluding tert-OH is 1. The van der Waals surface area contributed by atoms with Crippen LogP contribution in [0.15, 0.2) is 48.2 Å². The van der Waals surface area contributed by atoms with Crippen LogP contribution in [-0.2, 0) is 9.59 Å². The summed E-state index contributed by atoms with van der Waals surface area (Å²) in [5.74, 6) is -1.49. The second-order valence-corrected chi connectivity index (χ2v) is 8.17. The van der Waals surface area contributed by atoms with Crippen molar-refractivity contribution < 1.29 is 19.1 Å². The molecule has 5 nitrogen and oxygen atoms in total. The van der Waals surface area contributed by atoms with Crippen LogP contribution in [0.2, 0.25) is 10.0 Å². The molecule has 4 rings (SSSR count). The lowest BCUT2D eigenvalue weighted by Gasteiger charge is -2.34. The number of halogens is 3. The summed E-state index contributed by atoms with van der Waals surface area (Å²) >= 11 is 12.4. The maximum absolute atomic E-state index is 13.5. The summed E-state index contributed by atoms with van der Waals surface area (Å²) in [6.45, 7) is 1.03. The van der Waals surface area contributed by atoms with Crippen molar-refractivity contribution >= 4 is 46.3 Å². The summed E-state index contributed by atoms with van der Waals surface area (Å²) in [4.78, 5) is 29.8. The molecule has 1 unspecified atom stereocenters. The number of hydrogen-bond acceptors (Lipinski definition) is 4. The van der Waals surface area contributed by atoms with Gasteiger partial charge in [-0.05, 0) is 48.6 Å². The van der Waals surface area contributed by atoms with Crippen molar-refractivity contribution in [2.24, 2.45) is 5.92 Å². The van der Waals surface area contributed by atoms with Crippen LogP contribution in [-0.4, -0.2) is 41.5 Å². The summed E-state index contributed by atoms with van der Waals surface area (Å²) in [5.41, 5.74) is 1.07. The van der Waals surface area contributed by atoms with Gasteiger partial charge in [0.2, 0.25) is 0 Å². The van der Waals surface area contributed by atoms with Gasteiger partial charge >= 0.3 is 0 Å². The minimum Gasteiger partial charge on any atom is -0.396 e. The Kier molecular flexibility index (Phi) is 5.82. The molecule has 30 heavy (non-hydrogen) atoms. The molecule has 0 radical (unpaired) electrons. The first kappa shape index (κ1) is 20.8. The Morgan fingerprint density at radius 1 is 1.07 bits per heavy atom. The highest BCUT2D eigenvalue weighted by Gasteiger charge is 2.44. The largest absolute Gasteiger partial charge is 0.396 e. The Morgan fingerprint density at radius 3 is 2.50 bits per heavy atom. The fourth-order valence-electron chi connectivity index (χ4n) is 3.99. The van der Waals surface area contributed by atoms with Gasteiger partial charge in [-0.1, -0.05) is 41.4 Å². The zero-order valence-corrected chi connectivity index (χ0v) is 17.5. The molecule has 2 heterocycles. The summed E-state index contributed by atoms with van der Waals surface area (Å²) in [7, 11) is 0. The molecule has 2 aliphatic heterocycles. The molecular weight excluding hydrogens is 430 g/mol. The predicted molar refractivity (Wildman–Crippen MR) is 114 cm³/mol. The summed E-state index contributed by atoms with van der Waals surface area (Å²) in [6.07, 6.45) is 1.63. The lowest BCUT2D eigenvalue weighted by molar-refractivity contribution is -0.120. The molecule has 1 atom stereocenters. The van der Waals surface area contributed by atoms with Gasteiger partial charge in [0.15, 0.2) is 0 Å². The van der Waals surface area contributed by atoms with Crippen LogP contribution in [0, 0.1) is 11.7 Å². The van der Waals surface area contributed by atoms with Crippen LogP contribution in [0.5, 0.6) is 0 Å². The zero-order chi connectivity index (χ0) is 21.4. The van der Waals surface area contributed by atoms with E-state index in [1.54, 1.807) is 18.2 Å². The smallest absolute Gasteiger partial charge is 0.282 e. The first-order valence-electron chi connectivity index (χ1n) is 9.61. The summed E-state index contributed by atoms with van der Waals surface area (Å²) in [6, 6.07) is 10.2. The van der Waals surface area contributed by atoms with Crippen LogP contribution in [0.3, 0.4) is 0 Å². The predicted octanol–water partition coefficient (Wildman–Crippen LogP) is 4.12. The second kappa shape index (κ2) is 8.38. The third-order valence-corrected chi connectivity index (χ3v) is 6.27. The molecule has 2 amide bonds. The maximum atomic E-state index is 13.5. The minimum absolute atomic E-state index is 0.00162. The molecule has 2 aromatic rings. The fraction of sp³-hybridized carbons (Fsp3) is 0.273. The van der Waals surface area contributed by atoms with Crippen molar-refractivity contribution in [3.63, 3.8) is 0 Å². The number of imide groups is 1. The molecule has 0 saturated carbocycles. The molecule has 0 spiro atoms. The fourth-order valence-corrected chi connectivity index (χ4v) is 4.37. The lowest BCUT2D eigenvalue weighted by atomic mass is 9.97. The van der Waals surface area contributed by atoms with Gasteiger partial charge in [0.25, 0.3) is 11.8 Å². The quantitative estimate of drug-likeness (QED) is 0.714. The highest BCUT2D eigenvalue weighted by Crippen LogP contribution is 2.40. The number of benzene rings is 2. The molecule has 1 N–H and O–H groups in total. The number of piperidine rings is 1. The molecule has 2 aromatic carbocycles. The van der Waals surface area contributed by atoms with Crippen molar-refractivity contribution in [2.45, 2.75) is 12.8 Å². The third-order valence-electron chi connectivity index (χ3n) is 5.46. The van der Waals surface area contributed by atoms with Crippen molar-refractivity contribution in [1.29, 1.82) is 0 Å². The summed E-state index contributed by atoms with van der Waals surface area (Å²) in [5, 5.41) is 9.93. The van der Waals surface area contributed by atoms with E-state index in [2.05, 4.69) is 0 Å². The van der Waals surface area contributed by atoms with Gasteiger partial charge in [-0.3, -0.25) is 9.59 Å². The van der Waals surface area contributed by atoms with Crippen molar-refractivity contribution in [3.8, 4) is 0 Å². The third kappa shape index (κ3) is 3.60. The molecule has 8 heteroatoms. The van der Waals surface area contributed by atoms with E-state index in [1.165, 1.54) is 24.3 Å². The minimum atomic E-state index is -0.545. The maximum Gasteiger partial charge on any atom is 0.282 e. The first-order valence-corrected chi connectivity index (χ1v) is 10.4. The SMILES string of the molecule is O=C1C(c2ccc(F)cc2)=C(N2CCCC(CO)C2)C(=O)N1c1cccc(Cl)c1Cl. The normalized spacial score (nSPS) is 19.8. The number of aliphatic hydroxyl groups is 1. The van der Waals surface area contributed by atoms with E-state index in [9.17, 15) is 19.1 Å². The van der Waals surface area contributed by atoms with Gasteiger partial charge in [0.1, 0.15) is 11.5 Å². The topological polar surface area (TPSA) is 60.9 Å². The van der Waals surface area contributed by atoms with Crippen LogP contribution < -0.4 is 4.90 Å². The number of likely N-dealkylation sites (tertiary alicyclic amines) is 1. The molecule has 0 aliphatic carbocycles. The van der Waals surface area contributed by atoms with Crippen LogP contribution in [0.25, 0.3) is 5.57 Å². The van der Waals surface area contributed by atoms with Crippen LogP contribution in [0.4, 0.5) is 10.1 Å². The van der Waals surface area contributed by atoms with Crippen molar-refractivity contribution in [2.75, 3.05) is 24.6 Å². The van der Waals surface area contributed by atoms with Crippen LogP contribution in [0.1, 0.15) is 18.4 Å². The second-order valence-electron chi connectivity index (χ2n) is 7.39. The van der Waals surface area contributed by atoms with Gasteiger partial charge in [0.05, 0.1) is 21.3 Å². The average Bonchev–Trinajstić information content (AvgIpc) is 3.01. The molecule has 0 aromatic heterocycles. The van der Waals surface area contributed by atoms with E-state index in [1.807, 2.05) is 4.90 Å². The van der Waals surface area contributed by atoms with Crippen molar-refractivity contribution in [1.82, 2.24) is 4.90 Å². The average molecular weight is 449 g/mol. The number of anilines is 1. The Labute approximate surface area is 183 Å². The molecule has 1 fully saturated rings.